The molecule has 1 N–H and O–H groups in total. The van der Waals surface area contributed by atoms with E-state index in [9.17, 15) is 4.79 Å². The number of pyridine rings is 1. The molecule has 8 nitrogen and oxygen atoms in total. The molecule has 1 aromatic carbocycles. The molecule has 0 bridgehead atoms. The third-order valence-corrected chi connectivity index (χ3v) is 4.84. The van der Waals surface area contributed by atoms with E-state index >= 15 is 0 Å². The summed E-state index contributed by atoms with van der Waals surface area (Å²) in [6.07, 6.45) is 0. The Labute approximate surface area is 168 Å². The first-order chi connectivity index (χ1) is 13.9. The highest BCUT2D eigenvalue weighted by Crippen LogP contribution is 2.28. The van der Waals surface area contributed by atoms with E-state index in [-0.39, 0.29) is 5.91 Å². The van der Waals surface area contributed by atoms with E-state index in [0.717, 1.165) is 28.1 Å². The van der Waals surface area contributed by atoms with Crippen molar-refractivity contribution in [3.05, 3.63) is 53.3 Å². The number of benzene rings is 1. The summed E-state index contributed by atoms with van der Waals surface area (Å²) in [4.78, 5) is 18.0. The van der Waals surface area contributed by atoms with Crippen LogP contribution < -0.4 is 10.1 Å². The summed E-state index contributed by atoms with van der Waals surface area (Å²) in [5.41, 5.74) is 4.33. The highest BCUT2D eigenvalue weighted by Gasteiger charge is 2.20. The Morgan fingerprint density at radius 1 is 1.03 bits per heavy atom. The Kier molecular flexibility index (Phi) is 4.54. The molecule has 3 aromatic heterocycles. The molecule has 4 aromatic rings. The summed E-state index contributed by atoms with van der Waals surface area (Å²) in [6.45, 7) is 3.76. The SMILES string of the molecule is COc1ccc(-c2cc(C(=O)Nc3cc(C)nn3C)c3c(C)nn(C)c3n2)cc1. The highest BCUT2D eigenvalue weighted by atomic mass is 16.5. The molecule has 0 aliphatic rings. The Balaban J connectivity index is 1.84. The number of nitrogens with one attached hydrogen (secondary N) is 1. The second-order valence-corrected chi connectivity index (χ2v) is 6.94. The standard InChI is InChI=1S/C21H22N6O2/c1-12-10-18(26(3)24-12)23-21(28)16-11-17(14-6-8-15(29-5)9-7-14)22-20-19(16)13(2)25-27(20)4/h6-11H,1-5H3,(H,23,28). The molecular weight excluding hydrogens is 368 g/mol. The number of methoxy groups -OCH3 is 1. The molecule has 29 heavy (non-hydrogen) atoms. The van der Waals surface area contributed by atoms with E-state index < -0.39 is 0 Å². The lowest BCUT2D eigenvalue weighted by atomic mass is 10.0. The van der Waals surface area contributed by atoms with Crippen LogP contribution in [0.3, 0.4) is 0 Å². The largest absolute Gasteiger partial charge is 0.497 e. The van der Waals surface area contributed by atoms with Gasteiger partial charge in [-0.1, -0.05) is 0 Å². The Morgan fingerprint density at radius 2 is 1.76 bits per heavy atom. The number of nitrogens with zero attached hydrogens (tertiary/aromatic N) is 5. The Bertz CT molecular complexity index is 1220. The lowest BCUT2D eigenvalue weighted by Gasteiger charge is -2.10. The molecule has 0 spiro atoms. The number of rotatable bonds is 4. The maximum atomic E-state index is 13.2. The fourth-order valence-electron chi connectivity index (χ4n) is 3.44. The maximum Gasteiger partial charge on any atom is 0.257 e. The van der Waals surface area contributed by atoms with Crippen molar-refractivity contribution in [2.24, 2.45) is 14.1 Å². The van der Waals surface area contributed by atoms with Crippen molar-refractivity contribution >= 4 is 22.8 Å². The molecular formula is C21H22N6O2. The van der Waals surface area contributed by atoms with Crippen molar-refractivity contribution in [3.8, 4) is 17.0 Å². The van der Waals surface area contributed by atoms with Gasteiger partial charge < -0.3 is 10.1 Å². The van der Waals surface area contributed by atoms with Crippen LogP contribution in [0.1, 0.15) is 21.7 Å². The first-order valence-corrected chi connectivity index (χ1v) is 9.18. The van der Waals surface area contributed by atoms with Crippen molar-refractivity contribution in [1.82, 2.24) is 24.5 Å². The van der Waals surface area contributed by atoms with Gasteiger partial charge in [0.15, 0.2) is 5.65 Å². The number of carbonyl (C=O) groups is 1. The second kappa shape index (κ2) is 7.05. The number of aromatic nitrogens is 5. The van der Waals surface area contributed by atoms with Gasteiger partial charge in [0.2, 0.25) is 0 Å². The van der Waals surface area contributed by atoms with Gasteiger partial charge in [-0.15, -0.1) is 0 Å². The fraction of sp³-hybridized carbons (Fsp3) is 0.238. The maximum absolute atomic E-state index is 13.2. The lowest BCUT2D eigenvalue weighted by molar-refractivity contribution is 0.102. The minimum absolute atomic E-state index is 0.230. The smallest absolute Gasteiger partial charge is 0.257 e. The van der Waals surface area contributed by atoms with Crippen molar-refractivity contribution < 1.29 is 9.53 Å². The van der Waals surface area contributed by atoms with E-state index in [1.807, 2.05) is 51.2 Å². The number of hydrogen-bond donors (Lipinski definition) is 1. The molecule has 0 aliphatic heterocycles. The molecule has 0 radical (unpaired) electrons. The van der Waals surface area contributed by atoms with Crippen LogP contribution in [0.15, 0.2) is 36.4 Å². The zero-order valence-corrected chi connectivity index (χ0v) is 17.0. The molecule has 0 saturated carbocycles. The monoisotopic (exact) mass is 390 g/mol. The van der Waals surface area contributed by atoms with Crippen molar-refractivity contribution in [1.29, 1.82) is 0 Å². The Hall–Kier alpha value is -3.68. The molecule has 3 heterocycles. The molecule has 4 rings (SSSR count). The van der Waals surface area contributed by atoms with Crippen LogP contribution in [0, 0.1) is 13.8 Å². The molecule has 148 valence electrons. The van der Waals surface area contributed by atoms with Crippen LogP contribution in [0.4, 0.5) is 5.82 Å². The van der Waals surface area contributed by atoms with Crippen molar-refractivity contribution in [2.45, 2.75) is 13.8 Å². The van der Waals surface area contributed by atoms with Gasteiger partial charge in [-0.05, 0) is 44.2 Å². The number of fused-ring (bicyclic) bond motifs is 1. The first-order valence-electron chi connectivity index (χ1n) is 9.18. The third-order valence-electron chi connectivity index (χ3n) is 4.84. The van der Waals surface area contributed by atoms with Gasteiger partial charge in [0.05, 0.1) is 35.1 Å². The number of aryl methyl sites for hydroxylation is 4. The molecule has 1 amide bonds. The van der Waals surface area contributed by atoms with Gasteiger partial charge in [-0.25, -0.2) is 4.98 Å². The number of hydrogen-bond acceptors (Lipinski definition) is 5. The van der Waals surface area contributed by atoms with Crippen LogP contribution in [0.5, 0.6) is 5.75 Å². The lowest BCUT2D eigenvalue weighted by Crippen LogP contribution is -2.15. The molecule has 0 unspecified atom stereocenters. The Morgan fingerprint density at radius 3 is 2.38 bits per heavy atom. The number of amides is 1. The van der Waals surface area contributed by atoms with E-state index in [1.54, 1.807) is 29.6 Å². The first kappa shape index (κ1) is 18.7. The van der Waals surface area contributed by atoms with E-state index in [0.29, 0.717) is 22.7 Å². The van der Waals surface area contributed by atoms with Gasteiger partial charge >= 0.3 is 0 Å². The van der Waals surface area contributed by atoms with E-state index in [2.05, 4.69) is 15.5 Å². The predicted octanol–water partition coefficient (Wildman–Crippen LogP) is 3.25. The minimum Gasteiger partial charge on any atom is -0.497 e. The zero-order chi connectivity index (χ0) is 20.7. The number of anilines is 1. The summed E-state index contributed by atoms with van der Waals surface area (Å²) < 4.78 is 8.57. The summed E-state index contributed by atoms with van der Waals surface area (Å²) >= 11 is 0. The summed E-state index contributed by atoms with van der Waals surface area (Å²) in [5.74, 6) is 1.16. The number of carbonyl (C=O) groups excluding carboxylic acids is 1. The zero-order valence-electron chi connectivity index (χ0n) is 17.0. The van der Waals surface area contributed by atoms with Gasteiger partial charge in [-0.2, -0.15) is 10.2 Å². The summed E-state index contributed by atoms with van der Waals surface area (Å²) in [6, 6.07) is 11.2. The third kappa shape index (κ3) is 3.33. The number of ether oxygens (including phenoxy) is 1. The quantitative estimate of drug-likeness (QED) is 0.578. The summed E-state index contributed by atoms with van der Waals surface area (Å²) in [7, 11) is 5.25. The van der Waals surface area contributed by atoms with E-state index in [4.69, 9.17) is 9.72 Å². The van der Waals surface area contributed by atoms with Gasteiger partial charge in [0, 0.05) is 25.7 Å². The van der Waals surface area contributed by atoms with Gasteiger partial charge in [-0.3, -0.25) is 14.2 Å². The van der Waals surface area contributed by atoms with E-state index in [1.165, 1.54) is 0 Å². The summed E-state index contributed by atoms with van der Waals surface area (Å²) in [5, 5.41) is 12.4. The molecule has 0 atom stereocenters. The van der Waals surface area contributed by atoms with Crippen molar-refractivity contribution in [2.75, 3.05) is 12.4 Å². The van der Waals surface area contributed by atoms with Gasteiger partial charge in [0.1, 0.15) is 11.6 Å². The average Bonchev–Trinajstić information content (AvgIpc) is 3.18. The van der Waals surface area contributed by atoms with Crippen LogP contribution in [-0.2, 0) is 14.1 Å². The second-order valence-electron chi connectivity index (χ2n) is 6.94. The molecule has 8 heteroatoms. The van der Waals surface area contributed by atoms with Crippen LogP contribution >= 0.6 is 0 Å². The topological polar surface area (TPSA) is 86.9 Å². The normalized spacial score (nSPS) is 11.1. The van der Waals surface area contributed by atoms with Crippen molar-refractivity contribution in [3.63, 3.8) is 0 Å². The van der Waals surface area contributed by atoms with Gasteiger partial charge in [0.25, 0.3) is 5.91 Å². The van der Waals surface area contributed by atoms with Crippen LogP contribution in [0.2, 0.25) is 0 Å². The highest BCUT2D eigenvalue weighted by molar-refractivity contribution is 6.13. The molecule has 0 aliphatic carbocycles. The predicted molar refractivity (Wildman–Crippen MR) is 111 cm³/mol. The molecule has 0 saturated heterocycles. The average molecular weight is 390 g/mol. The minimum atomic E-state index is -0.230. The fourth-order valence-corrected chi connectivity index (χ4v) is 3.44. The van der Waals surface area contributed by atoms with Crippen LogP contribution in [0.25, 0.3) is 22.3 Å². The molecule has 0 fully saturated rings. The van der Waals surface area contributed by atoms with Crippen LogP contribution in [-0.4, -0.2) is 37.6 Å².